The molecule has 1 aromatic rings. The van der Waals surface area contributed by atoms with Gasteiger partial charge in [-0.1, -0.05) is 18.2 Å². The number of nitrogens with zero attached hydrogens (tertiary/aromatic N) is 2. The van der Waals surface area contributed by atoms with Gasteiger partial charge in [-0.15, -0.1) is 0 Å². The Hall–Kier alpha value is -1.51. The largest absolute Gasteiger partial charge is 0.370 e. The molecular formula is C16H25N3. The van der Waals surface area contributed by atoms with Gasteiger partial charge in [0.15, 0.2) is 5.96 Å². The van der Waals surface area contributed by atoms with Crippen LogP contribution < -0.4 is 5.73 Å². The Balaban J connectivity index is 1.91. The van der Waals surface area contributed by atoms with Gasteiger partial charge < -0.3 is 10.6 Å². The van der Waals surface area contributed by atoms with E-state index in [2.05, 4.69) is 41.9 Å². The maximum atomic E-state index is 6.06. The summed E-state index contributed by atoms with van der Waals surface area (Å²) in [4.78, 5) is 6.76. The molecule has 3 heteroatoms. The summed E-state index contributed by atoms with van der Waals surface area (Å²) in [5.41, 5.74) is 10.2. The Morgan fingerprint density at radius 1 is 1.16 bits per heavy atom. The van der Waals surface area contributed by atoms with Crippen molar-refractivity contribution in [3.8, 4) is 0 Å². The molecular weight excluding hydrogens is 234 g/mol. The zero-order chi connectivity index (χ0) is 13.7. The minimum atomic E-state index is 0.728. The standard InChI is InChI=1S/C16H25N3/c1-13-7-6-8-14(2)15(13)9-10-18-16(17)19-11-4-3-5-12-19/h6-8H,3-5,9-12H2,1-2H3,(H2,17,18). The van der Waals surface area contributed by atoms with E-state index in [9.17, 15) is 0 Å². The number of hydrogen-bond donors (Lipinski definition) is 1. The summed E-state index contributed by atoms with van der Waals surface area (Å²) in [7, 11) is 0. The van der Waals surface area contributed by atoms with Gasteiger partial charge in [-0.05, 0) is 56.2 Å². The highest BCUT2D eigenvalue weighted by Gasteiger charge is 2.11. The zero-order valence-corrected chi connectivity index (χ0v) is 12.2. The van der Waals surface area contributed by atoms with Crippen LogP contribution >= 0.6 is 0 Å². The summed E-state index contributed by atoms with van der Waals surface area (Å²) in [6.07, 6.45) is 4.79. The summed E-state index contributed by atoms with van der Waals surface area (Å²) >= 11 is 0. The molecule has 2 rings (SSSR count). The van der Waals surface area contributed by atoms with E-state index >= 15 is 0 Å². The van der Waals surface area contributed by atoms with E-state index in [1.165, 1.54) is 36.0 Å². The topological polar surface area (TPSA) is 41.6 Å². The van der Waals surface area contributed by atoms with Gasteiger partial charge in [-0.25, -0.2) is 0 Å². The lowest BCUT2D eigenvalue weighted by atomic mass is 10.0. The number of likely N-dealkylation sites (tertiary alicyclic amines) is 1. The number of rotatable bonds is 3. The number of aryl methyl sites for hydroxylation is 2. The molecule has 0 unspecified atom stereocenters. The van der Waals surface area contributed by atoms with Crippen LogP contribution in [0.1, 0.15) is 36.0 Å². The lowest BCUT2D eigenvalue weighted by Gasteiger charge is -2.27. The lowest BCUT2D eigenvalue weighted by molar-refractivity contribution is 0.338. The molecule has 0 saturated carbocycles. The van der Waals surface area contributed by atoms with Gasteiger partial charge >= 0.3 is 0 Å². The van der Waals surface area contributed by atoms with Crippen molar-refractivity contribution in [3.05, 3.63) is 34.9 Å². The van der Waals surface area contributed by atoms with E-state index in [0.29, 0.717) is 0 Å². The maximum absolute atomic E-state index is 6.06. The first kappa shape index (κ1) is 13.9. The second-order valence-corrected chi connectivity index (χ2v) is 5.41. The van der Waals surface area contributed by atoms with Crippen LogP contribution in [0.5, 0.6) is 0 Å². The molecule has 3 nitrogen and oxygen atoms in total. The van der Waals surface area contributed by atoms with Crippen LogP contribution in [0.15, 0.2) is 23.2 Å². The summed E-state index contributed by atoms with van der Waals surface area (Å²) in [5.74, 6) is 0.728. The van der Waals surface area contributed by atoms with Crippen LogP contribution in [0, 0.1) is 13.8 Å². The molecule has 0 amide bonds. The summed E-state index contributed by atoms with van der Waals surface area (Å²) in [6, 6.07) is 6.44. The fourth-order valence-electron chi connectivity index (χ4n) is 2.75. The Labute approximate surface area is 116 Å². The van der Waals surface area contributed by atoms with E-state index in [-0.39, 0.29) is 0 Å². The van der Waals surface area contributed by atoms with Gasteiger partial charge in [0.2, 0.25) is 0 Å². The average molecular weight is 259 g/mol. The summed E-state index contributed by atoms with van der Waals surface area (Å²) in [6.45, 7) is 7.26. The molecule has 0 aliphatic carbocycles. The third-order valence-corrected chi connectivity index (χ3v) is 3.96. The molecule has 0 bridgehead atoms. The number of guanidine groups is 1. The maximum Gasteiger partial charge on any atom is 0.191 e. The van der Waals surface area contributed by atoms with Crippen molar-refractivity contribution in [3.63, 3.8) is 0 Å². The van der Waals surface area contributed by atoms with Crippen molar-refractivity contribution < 1.29 is 0 Å². The molecule has 0 aromatic heterocycles. The number of hydrogen-bond acceptors (Lipinski definition) is 1. The lowest BCUT2D eigenvalue weighted by Crippen LogP contribution is -2.41. The van der Waals surface area contributed by atoms with Crippen molar-refractivity contribution in [2.75, 3.05) is 19.6 Å². The molecule has 2 N–H and O–H groups in total. The SMILES string of the molecule is Cc1cccc(C)c1CCN=C(N)N1CCCCC1. The molecule has 1 fully saturated rings. The fourth-order valence-corrected chi connectivity index (χ4v) is 2.75. The molecule has 1 saturated heterocycles. The van der Waals surface area contributed by atoms with Crippen molar-refractivity contribution in [1.29, 1.82) is 0 Å². The number of benzene rings is 1. The minimum Gasteiger partial charge on any atom is -0.370 e. The molecule has 19 heavy (non-hydrogen) atoms. The quantitative estimate of drug-likeness (QED) is 0.670. The van der Waals surface area contributed by atoms with E-state index in [1.807, 2.05) is 0 Å². The van der Waals surface area contributed by atoms with E-state index < -0.39 is 0 Å². The molecule has 1 heterocycles. The van der Waals surface area contributed by atoms with Crippen LogP contribution in [-0.4, -0.2) is 30.5 Å². The summed E-state index contributed by atoms with van der Waals surface area (Å²) < 4.78 is 0. The monoisotopic (exact) mass is 259 g/mol. The number of nitrogens with two attached hydrogens (primary N) is 1. The third-order valence-electron chi connectivity index (χ3n) is 3.96. The molecule has 104 valence electrons. The molecule has 0 radical (unpaired) electrons. The van der Waals surface area contributed by atoms with Crippen LogP contribution in [0.2, 0.25) is 0 Å². The van der Waals surface area contributed by atoms with Crippen molar-refractivity contribution in [1.82, 2.24) is 4.90 Å². The first-order valence-electron chi connectivity index (χ1n) is 7.28. The third kappa shape index (κ3) is 3.72. The van der Waals surface area contributed by atoms with Crippen molar-refractivity contribution in [2.45, 2.75) is 39.5 Å². The van der Waals surface area contributed by atoms with Crippen LogP contribution in [0.25, 0.3) is 0 Å². The Morgan fingerprint density at radius 2 is 1.79 bits per heavy atom. The van der Waals surface area contributed by atoms with Gasteiger partial charge in [0, 0.05) is 19.6 Å². The van der Waals surface area contributed by atoms with Crippen LogP contribution in [0.4, 0.5) is 0 Å². The number of piperidine rings is 1. The van der Waals surface area contributed by atoms with E-state index in [0.717, 1.165) is 32.0 Å². The predicted molar refractivity (Wildman–Crippen MR) is 81.5 cm³/mol. The first-order valence-corrected chi connectivity index (χ1v) is 7.28. The van der Waals surface area contributed by atoms with Crippen LogP contribution in [-0.2, 0) is 6.42 Å². The van der Waals surface area contributed by atoms with Gasteiger partial charge in [0.05, 0.1) is 0 Å². The highest BCUT2D eigenvalue weighted by Crippen LogP contribution is 2.14. The van der Waals surface area contributed by atoms with Gasteiger partial charge in [-0.3, -0.25) is 4.99 Å². The zero-order valence-electron chi connectivity index (χ0n) is 12.2. The Morgan fingerprint density at radius 3 is 2.42 bits per heavy atom. The Kier molecular flexibility index (Phi) is 4.83. The molecule has 1 aliphatic heterocycles. The molecule has 1 aliphatic rings. The van der Waals surface area contributed by atoms with Gasteiger partial charge in [0.1, 0.15) is 0 Å². The first-order chi connectivity index (χ1) is 9.18. The van der Waals surface area contributed by atoms with Crippen LogP contribution in [0.3, 0.4) is 0 Å². The second kappa shape index (κ2) is 6.60. The molecule has 0 atom stereocenters. The normalized spacial score (nSPS) is 16.7. The smallest absolute Gasteiger partial charge is 0.191 e. The fraction of sp³-hybridized carbons (Fsp3) is 0.562. The van der Waals surface area contributed by atoms with E-state index in [4.69, 9.17) is 5.73 Å². The van der Waals surface area contributed by atoms with Gasteiger partial charge in [-0.2, -0.15) is 0 Å². The summed E-state index contributed by atoms with van der Waals surface area (Å²) in [5, 5.41) is 0. The highest BCUT2D eigenvalue weighted by molar-refractivity contribution is 5.78. The Bertz CT molecular complexity index is 425. The average Bonchev–Trinajstić information content (AvgIpc) is 2.43. The van der Waals surface area contributed by atoms with Crippen molar-refractivity contribution >= 4 is 5.96 Å². The van der Waals surface area contributed by atoms with Gasteiger partial charge in [0.25, 0.3) is 0 Å². The number of aliphatic imine (C=N–C) groups is 1. The molecule has 1 aromatic carbocycles. The highest BCUT2D eigenvalue weighted by atomic mass is 15.2. The second-order valence-electron chi connectivity index (χ2n) is 5.41. The van der Waals surface area contributed by atoms with E-state index in [1.54, 1.807) is 0 Å². The van der Waals surface area contributed by atoms with Crippen molar-refractivity contribution in [2.24, 2.45) is 10.7 Å². The predicted octanol–water partition coefficient (Wildman–Crippen LogP) is 2.65. The minimum absolute atomic E-state index is 0.728. The molecule has 0 spiro atoms.